The van der Waals surface area contributed by atoms with Gasteiger partial charge in [0.2, 0.25) is 5.91 Å². The van der Waals surface area contributed by atoms with Gasteiger partial charge in [-0.1, -0.05) is 41.9 Å². The third kappa shape index (κ3) is 6.99. The van der Waals surface area contributed by atoms with Crippen molar-refractivity contribution in [1.82, 2.24) is 25.3 Å². The van der Waals surface area contributed by atoms with Crippen molar-refractivity contribution >= 4 is 35.3 Å². The van der Waals surface area contributed by atoms with Gasteiger partial charge in [-0.2, -0.15) is 0 Å². The number of carbonyl (C=O) groups excluding carboxylic acids is 3. The standard InChI is InChI=1S/C34H45ClN6O3/c1-23-20-24(6-7-29(23)35)21-31(32(42)39-16-10-26(11-17-39)25-8-14-36-15-9-25)38-33(43)40-18-12-28(13-19-40)41-22-27-4-2-3-5-30(27)37-34(41)44/h2-7,20,25-26,28,31,36H,8-19,21-22H2,1H3,(H,37,44)(H,38,43). The highest BCUT2D eigenvalue weighted by atomic mass is 35.5. The van der Waals surface area contributed by atoms with Crippen molar-refractivity contribution in [2.24, 2.45) is 11.8 Å². The molecule has 4 aliphatic rings. The lowest BCUT2D eigenvalue weighted by atomic mass is 9.79. The summed E-state index contributed by atoms with van der Waals surface area (Å²) in [7, 11) is 0. The number of anilines is 1. The molecule has 236 valence electrons. The minimum atomic E-state index is -0.652. The number of rotatable bonds is 6. The maximum Gasteiger partial charge on any atom is 0.322 e. The topological polar surface area (TPSA) is 97.0 Å². The van der Waals surface area contributed by atoms with Crippen LogP contribution < -0.4 is 16.0 Å². The SMILES string of the molecule is Cc1cc(CC(NC(=O)N2CCC(N3Cc4ccccc4NC3=O)CC2)C(=O)N2CCC(C3CCNCC3)CC2)ccc1Cl. The first kappa shape index (κ1) is 30.7. The summed E-state index contributed by atoms with van der Waals surface area (Å²) in [6.07, 6.45) is 6.31. The van der Waals surface area contributed by atoms with Gasteiger partial charge < -0.3 is 30.7 Å². The van der Waals surface area contributed by atoms with Crippen LogP contribution in [0.25, 0.3) is 0 Å². The monoisotopic (exact) mass is 620 g/mol. The molecule has 0 radical (unpaired) electrons. The van der Waals surface area contributed by atoms with Crippen molar-refractivity contribution in [2.75, 3.05) is 44.6 Å². The Balaban J connectivity index is 1.08. The molecule has 1 unspecified atom stereocenters. The Bertz CT molecular complexity index is 1350. The van der Waals surface area contributed by atoms with E-state index >= 15 is 0 Å². The van der Waals surface area contributed by atoms with Crippen molar-refractivity contribution in [3.05, 3.63) is 64.2 Å². The van der Waals surface area contributed by atoms with Gasteiger partial charge in [0.15, 0.2) is 0 Å². The van der Waals surface area contributed by atoms with Crippen LogP contribution in [0.1, 0.15) is 55.2 Å². The predicted octanol–water partition coefficient (Wildman–Crippen LogP) is 5.02. The average molecular weight is 621 g/mol. The Hall–Kier alpha value is -3.30. The number of piperidine rings is 3. The number of likely N-dealkylation sites (tertiary alicyclic amines) is 2. The number of halogens is 1. The minimum absolute atomic E-state index is 0.00625. The highest BCUT2D eigenvalue weighted by Crippen LogP contribution is 2.31. The molecule has 2 aromatic carbocycles. The van der Waals surface area contributed by atoms with E-state index in [1.165, 1.54) is 12.8 Å². The highest BCUT2D eigenvalue weighted by Gasteiger charge is 2.36. The van der Waals surface area contributed by atoms with Crippen LogP contribution in [-0.2, 0) is 17.8 Å². The molecule has 44 heavy (non-hydrogen) atoms. The van der Waals surface area contributed by atoms with Crippen molar-refractivity contribution < 1.29 is 14.4 Å². The van der Waals surface area contributed by atoms with Gasteiger partial charge in [0.05, 0.1) is 0 Å². The summed E-state index contributed by atoms with van der Waals surface area (Å²) in [6, 6.07) is 12.8. The van der Waals surface area contributed by atoms with Gasteiger partial charge in [-0.3, -0.25) is 4.79 Å². The fourth-order valence-corrected chi connectivity index (χ4v) is 7.65. The largest absolute Gasteiger partial charge is 0.341 e. The van der Waals surface area contributed by atoms with E-state index in [1.807, 2.05) is 59.2 Å². The molecule has 1 atom stereocenters. The van der Waals surface area contributed by atoms with Crippen LogP contribution in [0, 0.1) is 18.8 Å². The van der Waals surface area contributed by atoms with Crippen LogP contribution in [0.5, 0.6) is 0 Å². The Kier molecular flexibility index (Phi) is 9.62. The first-order valence-corrected chi connectivity index (χ1v) is 16.7. The molecular weight excluding hydrogens is 576 g/mol. The van der Waals surface area contributed by atoms with Crippen molar-refractivity contribution in [3.63, 3.8) is 0 Å². The van der Waals surface area contributed by atoms with Crippen LogP contribution in [0.3, 0.4) is 0 Å². The molecule has 5 amide bonds. The van der Waals surface area contributed by atoms with E-state index in [4.69, 9.17) is 11.6 Å². The smallest absolute Gasteiger partial charge is 0.322 e. The maximum absolute atomic E-state index is 14.0. The van der Waals surface area contributed by atoms with Gasteiger partial charge in [-0.05, 0) is 99.2 Å². The van der Waals surface area contributed by atoms with E-state index in [2.05, 4.69) is 16.0 Å². The summed E-state index contributed by atoms with van der Waals surface area (Å²) in [5.41, 5.74) is 3.90. The maximum atomic E-state index is 14.0. The molecule has 0 spiro atoms. The number of hydrogen-bond acceptors (Lipinski definition) is 4. The Morgan fingerprint density at radius 1 is 0.932 bits per heavy atom. The van der Waals surface area contributed by atoms with Crippen LogP contribution in [0.15, 0.2) is 42.5 Å². The summed E-state index contributed by atoms with van der Waals surface area (Å²) >= 11 is 6.28. The number of nitrogens with one attached hydrogen (secondary N) is 3. The van der Waals surface area contributed by atoms with Crippen LogP contribution >= 0.6 is 11.6 Å². The summed E-state index contributed by atoms with van der Waals surface area (Å²) in [6.45, 7) is 7.26. The fourth-order valence-electron chi connectivity index (χ4n) is 7.54. The number of benzene rings is 2. The lowest BCUT2D eigenvalue weighted by Crippen LogP contribution is -2.57. The summed E-state index contributed by atoms with van der Waals surface area (Å²) in [4.78, 5) is 46.0. The number of nitrogens with zero attached hydrogens (tertiary/aromatic N) is 3. The van der Waals surface area contributed by atoms with E-state index in [-0.39, 0.29) is 24.0 Å². The van der Waals surface area contributed by atoms with Crippen molar-refractivity contribution in [2.45, 2.75) is 70.5 Å². The van der Waals surface area contributed by atoms with Crippen molar-refractivity contribution in [3.8, 4) is 0 Å². The Morgan fingerprint density at radius 2 is 1.61 bits per heavy atom. The van der Waals surface area contributed by atoms with Gasteiger partial charge in [0.1, 0.15) is 6.04 Å². The van der Waals surface area contributed by atoms with Gasteiger partial charge >= 0.3 is 12.1 Å². The molecule has 10 heteroatoms. The van der Waals surface area contributed by atoms with Crippen LogP contribution in [0.2, 0.25) is 5.02 Å². The molecule has 4 aliphatic heterocycles. The second-order valence-electron chi connectivity index (χ2n) is 13.0. The minimum Gasteiger partial charge on any atom is -0.341 e. The molecule has 0 saturated carbocycles. The third-order valence-corrected chi connectivity index (χ3v) is 10.6. The predicted molar refractivity (Wildman–Crippen MR) is 173 cm³/mol. The molecule has 0 aliphatic carbocycles. The molecule has 6 rings (SSSR count). The lowest BCUT2D eigenvalue weighted by molar-refractivity contribution is -0.135. The zero-order valence-electron chi connectivity index (χ0n) is 25.7. The fraction of sp³-hybridized carbons (Fsp3) is 0.559. The second-order valence-corrected chi connectivity index (χ2v) is 13.4. The van der Waals surface area contributed by atoms with Crippen LogP contribution in [-0.4, -0.2) is 84.0 Å². The Morgan fingerprint density at radius 3 is 2.34 bits per heavy atom. The van der Waals surface area contributed by atoms with Crippen molar-refractivity contribution in [1.29, 1.82) is 0 Å². The molecule has 2 aromatic rings. The number of fused-ring (bicyclic) bond motifs is 1. The zero-order chi connectivity index (χ0) is 30.6. The van der Waals surface area contributed by atoms with Gasteiger partial charge in [-0.15, -0.1) is 0 Å². The summed E-state index contributed by atoms with van der Waals surface area (Å²) < 4.78 is 0. The van der Waals surface area contributed by atoms with E-state index in [9.17, 15) is 14.4 Å². The number of carbonyl (C=O) groups is 3. The van der Waals surface area contributed by atoms with Crippen LogP contribution in [0.4, 0.5) is 15.3 Å². The first-order chi connectivity index (χ1) is 21.4. The average Bonchev–Trinajstić information content (AvgIpc) is 3.06. The molecular formula is C34H45ClN6O3. The summed E-state index contributed by atoms with van der Waals surface area (Å²) in [5, 5.41) is 10.3. The molecule has 3 fully saturated rings. The third-order valence-electron chi connectivity index (χ3n) is 10.2. The molecule has 0 bridgehead atoms. The zero-order valence-corrected chi connectivity index (χ0v) is 26.5. The second kappa shape index (κ2) is 13.8. The van der Waals surface area contributed by atoms with Gasteiger partial charge in [0, 0.05) is 55.9 Å². The number of hydrogen-bond donors (Lipinski definition) is 3. The lowest BCUT2D eigenvalue weighted by Gasteiger charge is -2.41. The van der Waals surface area contributed by atoms with E-state index in [0.29, 0.717) is 49.8 Å². The summed E-state index contributed by atoms with van der Waals surface area (Å²) in [5.74, 6) is 1.41. The molecule has 0 aromatic heterocycles. The first-order valence-electron chi connectivity index (χ1n) is 16.3. The highest BCUT2D eigenvalue weighted by molar-refractivity contribution is 6.31. The quantitative estimate of drug-likeness (QED) is 0.423. The number of para-hydroxylation sites is 1. The van der Waals surface area contributed by atoms with E-state index in [1.54, 1.807) is 4.90 Å². The molecule has 3 saturated heterocycles. The van der Waals surface area contributed by atoms with E-state index < -0.39 is 6.04 Å². The van der Waals surface area contributed by atoms with E-state index in [0.717, 1.165) is 67.3 Å². The molecule has 4 heterocycles. The van der Waals surface area contributed by atoms with Gasteiger partial charge in [0.25, 0.3) is 0 Å². The molecule has 9 nitrogen and oxygen atoms in total. The number of urea groups is 2. The Labute approximate surface area is 265 Å². The number of amides is 5. The normalized spacial score (nSPS) is 21.0. The number of aryl methyl sites for hydroxylation is 1. The molecule has 3 N–H and O–H groups in total. The van der Waals surface area contributed by atoms with Gasteiger partial charge in [-0.25, -0.2) is 9.59 Å².